The van der Waals surface area contributed by atoms with Crippen molar-refractivity contribution in [3.8, 4) is 0 Å². The number of nitrogens with two attached hydrogens (primary N) is 1. The van der Waals surface area contributed by atoms with Crippen molar-refractivity contribution < 1.29 is 18.1 Å². The Bertz CT molecular complexity index is 646. The second-order valence-electron chi connectivity index (χ2n) is 4.96. The van der Waals surface area contributed by atoms with E-state index >= 15 is 0 Å². The fourth-order valence-electron chi connectivity index (χ4n) is 2.24. The average Bonchev–Trinajstić information content (AvgIpc) is 2.81. The summed E-state index contributed by atoms with van der Waals surface area (Å²) in [7, 11) is -3.97. The molecule has 0 aliphatic carbocycles. The standard InChI is InChI=1S/C12H17N3O5S/c1-8-9(4-5-20-8)7-14-21(18,19)12-3-2-10(13)6-11(12)15(16)17/h2-3,6,8-9,14H,4-5,7,13H2,1H3. The van der Waals surface area contributed by atoms with Crippen LogP contribution in [0.1, 0.15) is 13.3 Å². The van der Waals surface area contributed by atoms with Gasteiger partial charge in [-0.3, -0.25) is 10.1 Å². The van der Waals surface area contributed by atoms with Crippen LogP contribution in [0, 0.1) is 16.0 Å². The Morgan fingerprint density at radius 3 is 2.81 bits per heavy atom. The topological polar surface area (TPSA) is 125 Å². The number of rotatable bonds is 5. The van der Waals surface area contributed by atoms with E-state index in [9.17, 15) is 18.5 Å². The van der Waals surface area contributed by atoms with Gasteiger partial charge in [0.25, 0.3) is 5.69 Å². The van der Waals surface area contributed by atoms with Crippen molar-refractivity contribution in [3.05, 3.63) is 28.3 Å². The monoisotopic (exact) mass is 315 g/mol. The summed E-state index contributed by atoms with van der Waals surface area (Å²) in [5.41, 5.74) is 5.07. The molecule has 3 N–H and O–H groups in total. The molecule has 0 aromatic heterocycles. The van der Waals surface area contributed by atoms with Crippen LogP contribution in [-0.2, 0) is 14.8 Å². The van der Waals surface area contributed by atoms with E-state index in [-0.39, 0.29) is 29.1 Å². The summed E-state index contributed by atoms with van der Waals surface area (Å²) in [6, 6.07) is 3.50. The van der Waals surface area contributed by atoms with Gasteiger partial charge in [0.15, 0.2) is 4.90 Å². The highest BCUT2D eigenvalue weighted by molar-refractivity contribution is 7.89. The van der Waals surface area contributed by atoms with Crippen molar-refractivity contribution in [2.75, 3.05) is 18.9 Å². The molecule has 1 heterocycles. The van der Waals surface area contributed by atoms with Gasteiger partial charge in [-0.2, -0.15) is 0 Å². The lowest BCUT2D eigenvalue weighted by atomic mass is 10.0. The van der Waals surface area contributed by atoms with Crippen LogP contribution < -0.4 is 10.5 Å². The molecule has 9 heteroatoms. The highest BCUT2D eigenvalue weighted by Crippen LogP contribution is 2.26. The molecule has 1 aliphatic rings. The SMILES string of the molecule is CC1OCCC1CNS(=O)(=O)c1ccc(N)cc1[N+](=O)[O-]. The van der Waals surface area contributed by atoms with E-state index in [1.165, 1.54) is 6.07 Å². The first-order valence-corrected chi connectivity index (χ1v) is 7.95. The highest BCUT2D eigenvalue weighted by atomic mass is 32.2. The minimum atomic E-state index is -3.97. The summed E-state index contributed by atoms with van der Waals surface area (Å²) in [5, 5.41) is 11.0. The first kappa shape index (κ1) is 15.7. The molecule has 21 heavy (non-hydrogen) atoms. The third-order valence-electron chi connectivity index (χ3n) is 3.54. The molecule has 1 saturated heterocycles. The van der Waals surface area contributed by atoms with E-state index in [1.54, 1.807) is 0 Å². The third kappa shape index (κ3) is 3.49. The Hall–Kier alpha value is -1.71. The second-order valence-corrected chi connectivity index (χ2v) is 6.70. The average molecular weight is 315 g/mol. The Kier molecular flexibility index (Phi) is 4.45. The van der Waals surface area contributed by atoms with Crippen molar-refractivity contribution >= 4 is 21.4 Å². The molecule has 0 radical (unpaired) electrons. The maximum absolute atomic E-state index is 12.2. The van der Waals surface area contributed by atoms with Gasteiger partial charge in [-0.25, -0.2) is 13.1 Å². The summed E-state index contributed by atoms with van der Waals surface area (Å²) in [5.74, 6) is 0.0626. The first-order valence-electron chi connectivity index (χ1n) is 6.46. The van der Waals surface area contributed by atoms with E-state index < -0.39 is 20.6 Å². The number of nitro groups is 1. The van der Waals surface area contributed by atoms with Crippen molar-refractivity contribution in [3.63, 3.8) is 0 Å². The first-order chi connectivity index (χ1) is 9.81. The van der Waals surface area contributed by atoms with Gasteiger partial charge in [0, 0.05) is 30.8 Å². The van der Waals surface area contributed by atoms with Crippen LogP contribution in [-0.4, -0.2) is 32.6 Å². The molecular formula is C12H17N3O5S. The molecule has 1 aromatic carbocycles. The quantitative estimate of drug-likeness (QED) is 0.472. The summed E-state index contributed by atoms with van der Waals surface area (Å²) < 4.78 is 32.2. The number of ether oxygens (including phenoxy) is 1. The Morgan fingerprint density at radius 2 is 2.24 bits per heavy atom. The van der Waals surface area contributed by atoms with Crippen molar-refractivity contribution in [2.24, 2.45) is 5.92 Å². The van der Waals surface area contributed by atoms with Crippen LogP contribution in [0.15, 0.2) is 23.1 Å². The predicted octanol–water partition coefficient (Wildman–Crippen LogP) is 0.880. The molecular weight excluding hydrogens is 298 g/mol. The van der Waals surface area contributed by atoms with Gasteiger partial charge < -0.3 is 10.5 Å². The number of hydrogen-bond donors (Lipinski definition) is 2. The summed E-state index contributed by atoms with van der Waals surface area (Å²) >= 11 is 0. The van der Waals surface area contributed by atoms with Gasteiger partial charge in [-0.1, -0.05) is 0 Å². The predicted molar refractivity (Wildman–Crippen MR) is 76.2 cm³/mol. The van der Waals surface area contributed by atoms with Crippen LogP contribution >= 0.6 is 0 Å². The van der Waals surface area contributed by atoms with E-state index in [0.29, 0.717) is 6.61 Å². The van der Waals surface area contributed by atoms with Gasteiger partial charge in [0.2, 0.25) is 10.0 Å². The minimum Gasteiger partial charge on any atom is -0.399 e. The summed E-state index contributed by atoms with van der Waals surface area (Å²) in [6.45, 7) is 2.65. The number of nitrogens with one attached hydrogen (secondary N) is 1. The van der Waals surface area contributed by atoms with E-state index in [0.717, 1.165) is 18.6 Å². The van der Waals surface area contributed by atoms with E-state index in [2.05, 4.69) is 4.72 Å². The van der Waals surface area contributed by atoms with Crippen LogP contribution in [0.25, 0.3) is 0 Å². The lowest BCUT2D eigenvalue weighted by molar-refractivity contribution is -0.387. The second kappa shape index (κ2) is 5.96. The number of nitrogens with zero attached hydrogens (tertiary/aromatic N) is 1. The van der Waals surface area contributed by atoms with Gasteiger partial charge >= 0.3 is 0 Å². The number of hydrogen-bond acceptors (Lipinski definition) is 6. The zero-order valence-electron chi connectivity index (χ0n) is 11.5. The fraction of sp³-hybridized carbons (Fsp3) is 0.500. The zero-order valence-corrected chi connectivity index (χ0v) is 12.3. The maximum atomic E-state index is 12.2. The molecule has 0 amide bonds. The summed E-state index contributed by atoms with van der Waals surface area (Å²) in [6.07, 6.45) is 0.724. The van der Waals surface area contributed by atoms with Gasteiger partial charge in [0.1, 0.15) is 0 Å². The van der Waals surface area contributed by atoms with Crippen LogP contribution in [0.5, 0.6) is 0 Å². The fourth-order valence-corrected chi connectivity index (χ4v) is 3.49. The van der Waals surface area contributed by atoms with Crippen molar-refractivity contribution in [2.45, 2.75) is 24.3 Å². The molecule has 1 aliphatic heterocycles. The minimum absolute atomic E-state index is 0.0332. The molecule has 0 saturated carbocycles. The summed E-state index contributed by atoms with van der Waals surface area (Å²) in [4.78, 5) is 9.83. The zero-order chi connectivity index (χ0) is 15.6. The Labute approximate surface area is 122 Å². The van der Waals surface area contributed by atoms with E-state index in [1.807, 2.05) is 6.92 Å². The van der Waals surface area contributed by atoms with Crippen molar-refractivity contribution in [1.82, 2.24) is 4.72 Å². The van der Waals surface area contributed by atoms with Gasteiger partial charge in [0.05, 0.1) is 11.0 Å². The Morgan fingerprint density at radius 1 is 1.52 bits per heavy atom. The van der Waals surface area contributed by atoms with Crippen LogP contribution in [0.3, 0.4) is 0 Å². The van der Waals surface area contributed by atoms with Crippen LogP contribution in [0.2, 0.25) is 0 Å². The van der Waals surface area contributed by atoms with Gasteiger partial charge in [-0.05, 0) is 25.5 Å². The largest absolute Gasteiger partial charge is 0.399 e. The van der Waals surface area contributed by atoms with E-state index in [4.69, 9.17) is 10.5 Å². The molecule has 2 unspecified atom stereocenters. The lowest BCUT2D eigenvalue weighted by Crippen LogP contribution is -2.32. The number of nitro benzene ring substituents is 1. The number of anilines is 1. The molecule has 8 nitrogen and oxygen atoms in total. The number of benzene rings is 1. The van der Waals surface area contributed by atoms with Crippen molar-refractivity contribution in [1.29, 1.82) is 0 Å². The molecule has 1 aromatic rings. The molecule has 2 rings (SSSR count). The maximum Gasteiger partial charge on any atom is 0.291 e. The van der Waals surface area contributed by atoms with Crippen LogP contribution in [0.4, 0.5) is 11.4 Å². The number of sulfonamides is 1. The Balaban J connectivity index is 2.21. The molecule has 116 valence electrons. The highest BCUT2D eigenvalue weighted by Gasteiger charge is 2.29. The molecule has 1 fully saturated rings. The normalized spacial score (nSPS) is 22.3. The molecule has 0 spiro atoms. The third-order valence-corrected chi connectivity index (χ3v) is 5.01. The molecule has 2 atom stereocenters. The molecule has 0 bridgehead atoms. The van der Waals surface area contributed by atoms with Gasteiger partial charge in [-0.15, -0.1) is 0 Å². The lowest BCUT2D eigenvalue weighted by Gasteiger charge is -2.15. The smallest absolute Gasteiger partial charge is 0.291 e. The number of nitrogen functional groups attached to an aromatic ring is 1.